The number of alkyl halides is 1. The van der Waals surface area contributed by atoms with Crippen LogP contribution in [0.4, 0.5) is 5.69 Å². The van der Waals surface area contributed by atoms with Crippen molar-refractivity contribution in [2.45, 2.75) is 6.92 Å². The molecule has 1 aromatic carbocycles. The number of rotatable bonds is 6. The molecule has 0 fully saturated rings. The summed E-state index contributed by atoms with van der Waals surface area (Å²) in [7, 11) is 0. The van der Waals surface area contributed by atoms with Crippen molar-refractivity contribution in [3.8, 4) is 0 Å². The maximum atomic E-state index is 11.8. The van der Waals surface area contributed by atoms with Crippen LogP contribution < -0.4 is 10.6 Å². The molecule has 0 aliphatic rings. The minimum atomic E-state index is -1.29. The van der Waals surface area contributed by atoms with E-state index in [0.29, 0.717) is 15.8 Å². The Bertz CT molecular complexity index is 494. The summed E-state index contributed by atoms with van der Waals surface area (Å²) in [6, 6.07) is 6.62. The van der Waals surface area contributed by atoms with E-state index in [2.05, 4.69) is 10.6 Å². The third-order valence-electron chi connectivity index (χ3n) is 2.10. The number of anilines is 1. The molecule has 0 saturated heterocycles. The Kier molecular flexibility index (Phi) is 6.86. The third kappa shape index (κ3) is 6.06. The normalized spacial score (nSPS) is 9.79. The number of halogens is 1. The van der Waals surface area contributed by atoms with E-state index >= 15 is 0 Å². The van der Waals surface area contributed by atoms with Gasteiger partial charge < -0.3 is 0 Å². The van der Waals surface area contributed by atoms with Crippen LogP contribution in [0.2, 0.25) is 0 Å². The van der Waals surface area contributed by atoms with E-state index in [1.54, 1.807) is 24.3 Å². The standard InChI is InChI=1S/C10H11N2O2.C2H2ClO.Sn/c1-7(13)12-9-5-3-4-8(6-9)10(14)11-2;3-1-2-4;/h3-6H,2H2,1H3,(H,11,14)(H,12,13);1H2;. The monoisotopic (exact) mass is 388 g/mol. The fraction of sp³-hybridized carbons (Fsp3) is 0.250. The fourth-order valence-electron chi connectivity index (χ4n) is 1.31. The van der Waals surface area contributed by atoms with Crippen LogP contribution in [-0.4, -0.2) is 47.2 Å². The molecule has 0 spiro atoms. The van der Waals surface area contributed by atoms with Gasteiger partial charge in [-0.05, 0) is 0 Å². The van der Waals surface area contributed by atoms with Crippen molar-refractivity contribution in [1.82, 2.24) is 5.32 Å². The summed E-state index contributed by atoms with van der Waals surface area (Å²) in [6.07, 6.45) is 0. The molecule has 1 rings (SSSR count). The molecule has 5 nitrogen and oxygen atoms in total. The van der Waals surface area contributed by atoms with Crippen LogP contribution in [0.1, 0.15) is 17.3 Å². The van der Waals surface area contributed by atoms with E-state index in [9.17, 15) is 14.4 Å². The summed E-state index contributed by atoms with van der Waals surface area (Å²) in [5.74, 6) is -0.421. The topological polar surface area (TPSA) is 75.3 Å². The van der Waals surface area contributed by atoms with Crippen molar-refractivity contribution < 1.29 is 14.4 Å². The fourth-order valence-corrected chi connectivity index (χ4v) is 3.49. The Morgan fingerprint density at radius 3 is 2.68 bits per heavy atom. The maximum absolute atomic E-state index is 11.8. The van der Waals surface area contributed by atoms with Crippen LogP contribution in [0.3, 0.4) is 0 Å². The zero-order valence-electron chi connectivity index (χ0n) is 10.3. The molecule has 0 heterocycles. The van der Waals surface area contributed by atoms with Crippen molar-refractivity contribution in [3.63, 3.8) is 0 Å². The van der Waals surface area contributed by atoms with E-state index < -0.39 is 21.1 Å². The molecule has 0 bridgehead atoms. The van der Waals surface area contributed by atoms with Crippen LogP contribution >= 0.6 is 11.6 Å². The molecule has 100 valence electrons. The summed E-state index contributed by atoms with van der Waals surface area (Å²) in [6.45, 7) is 1.40. The van der Waals surface area contributed by atoms with Crippen molar-refractivity contribution >= 4 is 54.0 Å². The van der Waals surface area contributed by atoms with E-state index in [4.69, 9.17) is 11.6 Å². The van der Waals surface area contributed by atoms with Gasteiger partial charge in [-0.25, -0.2) is 0 Å². The molecule has 2 radical (unpaired) electrons. The summed E-state index contributed by atoms with van der Waals surface area (Å²) in [5.41, 5.74) is 1.01. The SMILES string of the molecule is CC(=O)Nc1cccc(C(=O)N[CH2][Sn][C](=O)CCl)c1. The van der Waals surface area contributed by atoms with E-state index in [-0.39, 0.29) is 21.5 Å². The van der Waals surface area contributed by atoms with Crippen molar-refractivity contribution in [2.24, 2.45) is 0 Å². The second kappa shape index (κ2) is 8.16. The molecule has 0 aromatic heterocycles. The first-order chi connectivity index (χ1) is 9.02. The molecule has 0 aliphatic heterocycles. The van der Waals surface area contributed by atoms with Gasteiger partial charge in [0.2, 0.25) is 0 Å². The summed E-state index contributed by atoms with van der Waals surface area (Å²) in [5, 5.41) is 5.29. The molecule has 0 unspecified atom stereocenters. The molecule has 2 amide bonds. The van der Waals surface area contributed by atoms with E-state index in [1.165, 1.54) is 6.92 Å². The van der Waals surface area contributed by atoms with Gasteiger partial charge in [0.25, 0.3) is 0 Å². The predicted molar refractivity (Wildman–Crippen MR) is 74.6 cm³/mol. The second-order valence-corrected chi connectivity index (χ2v) is 7.56. The molecule has 7 heteroatoms. The van der Waals surface area contributed by atoms with Gasteiger partial charge in [0.05, 0.1) is 0 Å². The zero-order chi connectivity index (χ0) is 14.3. The van der Waals surface area contributed by atoms with Gasteiger partial charge in [0.1, 0.15) is 0 Å². The number of amides is 2. The van der Waals surface area contributed by atoms with Crippen molar-refractivity contribution in [3.05, 3.63) is 29.8 Å². The summed E-state index contributed by atoms with van der Waals surface area (Å²) < 4.78 is 0.468. The third-order valence-corrected chi connectivity index (χ3v) is 5.62. The summed E-state index contributed by atoms with van der Waals surface area (Å²) in [4.78, 5) is 33.8. The van der Waals surface area contributed by atoms with Gasteiger partial charge in [0.15, 0.2) is 0 Å². The molecule has 0 aliphatic carbocycles. The predicted octanol–water partition coefficient (Wildman–Crippen LogP) is 0.802. The van der Waals surface area contributed by atoms with Gasteiger partial charge in [-0.15, -0.1) is 0 Å². The first-order valence-electron chi connectivity index (χ1n) is 5.51. The quantitative estimate of drug-likeness (QED) is 0.560. The van der Waals surface area contributed by atoms with E-state index in [1.807, 2.05) is 0 Å². The van der Waals surface area contributed by atoms with Gasteiger partial charge in [0, 0.05) is 0 Å². The zero-order valence-corrected chi connectivity index (χ0v) is 13.9. The molecular formula is C12H13ClN2O3Sn. The Hall–Kier alpha value is -1.08. The van der Waals surface area contributed by atoms with Gasteiger partial charge in [-0.2, -0.15) is 0 Å². The molecule has 19 heavy (non-hydrogen) atoms. The van der Waals surface area contributed by atoms with Crippen LogP contribution in [0.15, 0.2) is 24.3 Å². The Balaban J connectivity index is 2.56. The number of benzene rings is 1. The van der Waals surface area contributed by atoms with Crippen molar-refractivity contribution in [2.75, 3.05) is 15.8 Å². The van der Waals surface area contributed by atoms with Gasteiger partial charge >= 0.3 is 126 Å². The Morgan fingerprint density at radius 2 is 2.05 bits per heavy atom. The average Bonchev–Trinajstić information content (AvgIpc) is 2.37. The van der Waals surface area contributed by atoms with Gasteiger partial charge in [-0.3, -0.25) is 0 Å². The second-order valence-electron chi connectivity index (χ2n) is 3.68. The number of hydrogen-bond donors (Lipinski definition) is 2. The molecule has 0 saturated carbocycles. The van der Waals surface area contributed by atoms with Crippen LogP contribution in [0.5, 0.6) is 0 Å². The first kappa shape index (κ1) is 16.0. The number of carbonyl (C=O) groups excluding carboxylic acids is 3. The first-order valence-corrected chi connectivity index (χ1v) is 9.49. The molecule has 1 aromatic rings. The minimum absolute atomic E-state index is 0.0278. The van der Waals surface area contributed by atoms with Gasteiger partial charge in [-0.1, -0.05) is 0 Å². The number of hydrogen-bond acceptors (Lipinski definition) is 3. The molecular weight excluding hydrogens is 374 g/mol. The molecule has 2 N–H and O–H groups in total. The molecule has 0 atom stereocenters. The van der Waals surface area contributed by atoms with Crippen LogP contribution in [0.25, 0.3) is 0 Å². The van der Waals surface area contributed by atoms with Crippen LogP contribution in [0, 0.1) is 0 Å². The Morgan fingerprint density at radius 1 is 1.32 bits per heavy atom. The van der Waals surface area contributed by atoms with E-state index in [0.717, 1.165) is 0 Å². The summed E-state index contributed by atoms with van der Waals surface area (Å²) >= 11 is 4.11. The van der Waals surface area contributed by atoms with Crippen molar-refractivity contribution in [1.29, 1.82) is 0 Å². The number of nitrogens with one attached hydrogen (secondary N) is 2. The Labute approximate surface area is 126 Å². The number of carbonyl (C=O) groups is 3. The van der Waals surface area contributed by atoms with Crippen LogP contribution in [-0.2, 0) is 9.59 Å². The average molecular weight is 387 g/mol.